The number of benzene rings is 1. The molecule has 1 aromatic rings. The van der Waals surface area contributed by atoms with Crippen molar-refractivity contribution in [1.82, 2.24) is 10.6 Å². The van der Waals surface area contributed by atoms with Crippen LogP contribution in [0.15, 0.2) is 18.2 Å². The molecule has 1 atom stereocenters. The molecular formula is C14H20ClN3O2. The number of nitrogen functional groups attached to an aromatic ring is 1. The number of anilines is 1. The zero-order valence-electron chi connectivity index (χ0n) is 11.9. The fourth-order valence-corrected chi connectivity index (χ4v) is 1.97. The summed E-state index contributed by atoms with van der Waals surface area (Å²) in [5.41, 5.74) is 6.39. The Hall–Kier alpha value is -1.75. The van der Waals surface area contributed by atoms with Crippen LogP contribution in [0.25, 0.3) is 0 Å². The van der Waals surface area contributed by atoms with E-state index in [1.54, 1.807) is 19.2 Å². The van der Waals surface area contributed by atoms with Gasteiger partial charge in [-0.25, -0.2) is 0 Å². The van der Waals surface area contributed by atoms with Gasteiger partial charge in [0.25, 0.3) is 5.91 Å². The Balaban J connectivity index is 2.84. The van der Waals surface area contributed by atoms with Gasteiger partial charge in [-0.3, -0.25) is 9.59 Å². The molecule has 0 aliphatic rings. The minimum absolute atomic E-state index is 0.214. The lowest BCUT2D eigenvalue weighted by Crippen LogP contribution is -2.46. The summed E-state index contributed by atoms with van der Waals surface area (Å²) in [6.45, 7) is 3.98. The molecule has 6 heteroatoms. The van der Waals surface area contributed by atoms with Gasteiger partial charge in [0.1, 0.15) is 6.04 Å². The number of nitrogens with two attached hydrogens (primary N) is 1. The predicted molar refractivity (Wildman–Crippen MR) is 80.6 cm³/mol. The van der Waals surface area contributed by atoms with E-state index in [1.165, 1.54) is 6.07 Å². The SMILES string of the molecule is CNC(=O)C(CC(C)C)NC(=O)c1ccc(N)c(Cl)c1. The first-order chi connectivity index (χ1) is 9.35. The fourth-order valence-electron chi connectivity index (χ4n) is 1.79. The number of rotatable bonds is 5. The van der Waals surface area contributed by atoms with Crippen molar-refractivity contribution in [3.05, 3.63) is 28.8 Å². The molecule has 0 radical (unpaired) electrons. The molecule has 5 nitrogen and oxygen atoms in total. The van der Waals surface area contributed by atoms with Crippen LogP contribution < -0.4 is 16.4 Å². The van der Waals surface area contributed by atoms with E-state index in [1.807, 2.05) is 13.8 Å². The van der Waals surface area contributed by atoms with Crippen LogP contribution in [0.5, 0.6) is 0 Å². The van der Waals surface area contributed by atoms with Crippen LogP contribution in [-0.4, -0.2) is 24.9 Å². The number of likely N-dealkylation sites (N-methyl/N-ethyl adjacent to an activating group) is 1. The lowest BCUT2D eigenvalue weighted by molar-refractivity contribution is -0.122. The van der Waals surface area contributed by atoms with E-state index in [9.17, 15) is 9.59 Å². The van der Waals surface area contributed by atoms with Crippen LogP contribution in [0.4, 0.5) is 5.69 Å². The topological polar surface area (TPSA) is 84.2 Å². The summed E-state index contributed by atoms with van der Waals surface area (Å²) in [7, 11) is 1.54. The van der Waals surface area contributed by atoms with Crippen LogP contribution in [-0.2, 0) is 4.79 Å². The average molecular weight is 298 g/mol. The molecule has 1 unspecified atom stereocenters. The zero-order chi connectivity index (χ0) is 15.3. The van der Waals surface area contributed by atoms with E-state index >= 15 is 0 Å². The second-order valence-corrected chi connectivity index (χ2v) is 5.41. The molecule has 0 spiro atoms. The molecule has 0 fully saturated rings. The molecule has 0 aliphatic carbocycles. The molecule has 0 saturated heterocycles. The predicted octanol–water partition coefficient (Wildman–Crippen LogP) is 1.81. The molecule has 0 heterocycles. The van der Waals surface area contributed by atoms with Gasteiger partial charge in [0.05, 0.1) is 10.7 Å². The van der Waals surface area contributed by atoms with E-state index in [4.69, 9.17) is 17.3 Å². The first kappa shape index (κ1) is 16.3. The van der Waals surface area contributed by atoms with E-state index in [2.05, 4.69) is 10.6 Å². The van der Waals surface area contributed by atoms with Crippen molar-refractivity contribution in [2.45, 2.75) is 26.3 Å². The smallest absolute Gasteiger partial charge is 0.251 e. The van der Waals surface area contributed by atoms with Crippen molar-refractivity contribution in [2.75, 3.05) is 12.8 Å². The summed E-state index contributed by atoms with van der Waals surface area (Å²) < 4.78 is 0. The molecule has 0 aliphatic heterocycles. The van der Waals surface area contributed by atoms with Crippen LogP contribution in [0, 0.1) is 5.92 Å². The van der Waals surface area contributed by atoms with Gasteiger partial charge < -0.3 is 16.4 Å². The molecular weight excluding hydrogens is 278 g/mol. The second-order valence-electron chi connectivity index (χ2n) is 5.01. The standard InChI is InChI=1S/C14H20ClN3O2/c1-8(2)6-12(14(20)17-3)18-13(19)9-4-5-11(16)10(15)7-9/h4-5,7-8,12H,6,16H2,1-3H3,(H,17,20)(H,18,19). The van der Waals surface area contributed by atoms with Gasteiger partial charge >= 0.3 is 0 Å². The third kappa shape index (κ3) is 4.42. The van der Waals surface area contributed by atoms with Gasteiger partial charge in [-0.05, 0) is 30.5 Å². The molecule has 2 amide bonds. The Bertz CT molecular complexity index is 503. The number of halogens is 1. The minimum atomic E-state index is -0.566. The normalized spacial score (nSPS) is 12.1. The maximum atomic E-state index is 12.1. The second kappa shape index (κ2) is 7.14. The number of nitrogens with one attached hydrogen (secondary N) is 2. The molecule has 0 aromatic heterocycles. The van der Waals surface area contributed by atoms with E-state index in [-0.39, 0.29) is 17.7 Å². The monoisotopic (exact) mass is 297 g/mol. The largest absolute Gasteiger partial charge is 0.398 e. The highest BCUT2D eigenvalue weighted by Gasteiger charge is 2.21. The first-order valence-electron chi connectivity index (χ1n) is 6.42. The van der Waals surface area contributed by atoms with E-state index in [0.717, 1.165) is 0 Å². The number of hydrogen-bond donors (Lipinski definition) is 3. The number of amides is 2. The highest BCUT2D eigenvalue weighted by Crippen LogP contribution is 2.19. The molecule has 1 aromatic carbocycles. The lowest BCUT2D eigenvalue weighted by Gasteiger charge is -2.19. The maximum Gasteiger partial charge on any atom is 0.251 e. The molecule has 0 saturated carbocycles. The highest BCUT2D eigenvalue weighted by atomic mass is 35.5. The van der Waals surface area contributed by atoms with Crippen molar-refractivity contribution in [3.63, 3.8) is 0 Å². The molecule has 0 bridgehead atoms. The van der Waals surface area contributed by atoms with Crippen LogP contribution >= 0.6 is 11.6 Å². The van der Waals surface area contributed by atoms with Gasteiger partial charge in [-0.15, -0.1) is 0 Å². The Morgan fingerprint density at radius 1 is 1.35 bits per heavy atom. The first-order valence-corrected chi connectivity index (χ1v) is 6.80. The third-order valence-corrected chi connectivity index (χ3v) is 3.17. The molecule has 1 rings (SSSR count). The number of carbonyl (C=O) groups is 2. The molecule has 20 heavy (non-hydrogen) atoms. The van der Waals surface area contributed by atoms with E-state index in [0.29, 0.717) is 22.7 Å². The van der Waals surface area contributed by atoms with Gasteiger partial charge in [0, 0.05) is 12.6 Å². The Morgan fingerprint density at radius 2 is 2.00 bits per heavy atom. The van der Waals surface area contributed by atoms with Crippen molar-refractivity contribution in [2.24, 2.45) is 5.92 Å². The summed E-state index contributed by atoms with van der Waals surface area (Å²) in [6.07, 6.45) is 0.564. The average Bonchev–Trinajstić information content (AvgIpc) is 2.39. The summed E-state index contributed by atoms with van der Waals surface area (Å²) in [6, 6.07) is 4.06. The summed E-state index contributed by atoms with van der Waals surface area (Å²) in [5, 5.41) is 5.58. The van der Waals surface area contributed by atoms with E-state index < -0.39 is 6.04 Å². The van der Waals surface area contributed by atoms with Gasteiger partial charge in [0.2, 0.25) is 5.91 Å². The van der Waals surface area contributed by atoms with Crippen molar-refractivity contribution in [3.8, 4) is 0 Å². The van der Waals surface area contributed by atoms with Gasteiger partial charge in [-0.1, -0.05) is 25.4 Å². The van der Waals surface area contributed by atoms with Crippen LogP contribution in [0.2, 0.25) is 5.02 Å². The van der Waals surface area contributed by atoms with Crippen molar-refractivity contribution >= 4 is 29.1 Å². The minimum Gasteiger partial charge on any atom is -0.398 e. The maximum absolute atomic E-state index is 12.1. The quantitative estimate of drug-likeness (QED) is 0.725. The summed E-state index contributed by atoms with van der Waals surface area (Å²) >= 11 is 5.88. The number of carbonyl (C=O) groups excluding carboxylic acids is 2. The lowest BCUT2D eigenvalue weighted by atomic mass is 10.0. The Labute approximate surface area is 123 Å². The fraction of sp³-hybridized carbons (Fsp3) is 0.429. The Kier molecular flexibility index (Phi) is 5.82. The Morgan fingerprint density at radius 3 is 2.50 bits per heavy atom. The van der Waals surface area contributed by atoms with Crippen molar-refractivity contribution < 1.29 is 9.59 Å². The summed E-state index contributed by atoms with van der Waals surface area (Å²) in [4.78, 5) is 23.9. The zero-order valence-corrected chi connectivity index (χ0v) is 12.6. The van der Waals surface area contributed by atoms with Gasteiger partial charge in [-0.2, -0.15) is 0 Å². The molecule has 110 valence electrons. The van der Waals surface area contributed by atoms with Crippen LogP contribution in [0.1, 0.15) is 30.6 Å². The number of hydrogen-bond acceptors (Lipinski definition) is 3. The van der Waals surface area contributed by atoms with Crippen molar-refractivity contribution in [1.29, 1.82) is 0 Å². The third-order valence-electron chi connectivity index (χ3n) is 2.84. The summed E-state index contributed by atoms with van der Waals surface area (Å²) in [5.74, 6) is -0.276. The van der Waals surface area contributed by atoms with Crippen LogP contribution in [0.3, 0.4) is 0 Å². The highest BCUT2D eigenvalue weighted by molar-refractivity contribution is 6.33. The van der Waals surface area contributed by atoms with Gasteiger partial charge in [0.15, 0.2) is 0 Å². The molecule has 4 N–H and O–H groups in total.